The summed E-state index contributed by atoms with van der Waals surface area (Å²) in [4.78, 5) is 10.8. The second-order valence-corrected chi connectivity index (χ2v) is 15.7. The van der Waals surface area contributed by atoms with Crippen LogP contribution in [0.25, 0.3) is 109 Å². The van der Waals surface area contributed by atoms with Gasteiger partial charge in [-0.2, -0.15) is 0 Å². The molecule has 0 atom stereocenters. The standard InChI is InChI=1S/C52H32N4S/c1-2-14-33(15-3-1)44-32-45(34-26-27-51-43(30-34)42-20-8-13-25-50(42)57-51)54-52(53-44)35-28-36(55-46-21-9-4-16-38(46)39-17-5-10-22-47(39)55)31-37(29-35)56-48-23-11-6-18-40(48)41-19-7-12-24-49(41)56/h1-32H. The van der Waals surface area contributed by atoms with Crippen LogP contribution in [0.15, 0.2) is 194 Å². The summed E-state index contributed by atoms with van der Waals surface area (Å²) in [6, 6.07) is 69.6. The normalized spacial score (nSPS) is 11.9. The summed E-state index contributed by atoms with van der Waals surface area (Å²) in [7, 11) is 0. The molecule has 0 fully saturated rings. The molecule has 0 unspecified atom stereocenters. The average molecular weight is 745 g/mol. The van der Waals surface area contributed by atoms with Gasteiger partial charge in [0.15, 0.2) is 5.82 Å². The summed E-state index contributed by atoms with van der Waals surface area (Å²) < 4.78 is 7.34. The molecule has 57 heavy (non-hydrogen) atoms. The zero-order valence-corrected chi connectivity index (χ0v) is 31.5. The summed E-state index contributed by atoms with van der Waals surface area (Å²) >= 11 is 1.83. The number of benzene rings is 8. The van der Waals surface area contributed by atoms with Crippen molar-refractivity contribution < 1.29 is 0 Å². The molecule has 0 saturated heterocycles. The van der Waals surface area contributed by atoms with Crippen molar-refractivity contribution in [3.05, 3.63) is 194 Å². The number of hydrogen-bond acceptors (Lipinski definition) is 3. The first-order valence-corrected chi connectivity index (χ1v) is 20.1. The predicted molar refractivity (Wildman–Crippen MR) is 240 cm³/mol. The third-order valence-corrected chi connectivity index (χ3v) is 12.5. The molecule has 4 nitrogen and oxygen atoms in total. The smallest absolute Gasteiger partial charge is 0.160 e. The molecule has 0 amide bonds. The fourth-order valence-corrected chi connectivity index (χ4v) is 9.84. The number of thiophene rings is 1. The van der Waals surface area contributed by atoms with Gasteiger partial charge in [-0.15, -0.1) is 11.3 Å². The van der Waals surface area contributed by atoms with Gasteiger partial charge in [0.1, 0.15) is 0 Å². The fourth-order valence-electron chi connectivity index (χ4n) is 8.75. The van der Waals surface area contributed by atoms with Crippen LogP contribution in [0.2, 0.25) is 0 Å². The van der Waals surface area contributed by atoms with E-state index in [1.54, 1.807) is 0 Å². The molecule has 0 radical (unpaired) electrons. The Balaban J connectivity index is 1.16. The second-order valence-electron chi connectivity index (χ2n) is 14.6. The van der Waals surface area contributed by atoms with Crippen molar-refractivity contribution in [3.63, 3.8) is 0 Å². The maximum Gasteiger partial charge on any atom is 0.160 e. The highest BCUT2D eigenvalue weighted by Crippen LogP contribution is 2.40. The molecule has 0 aliphatic heterocycles. The lowest BCUT2D eigenvalue weighted by Gasteiger charge is -2.16. The van der Waals surface area contributed by atoms with Gasteiger partial charge in [-0.1, -0.05) is 127 Å². The van der Waals surface area contributed by atoms with Gasteiger partial charge in [-0.25, -0.2) is 9.97 Å². The molecule has 12 aromatic rings. The highest BCUT2D eigenvalue weighted by atomic mass is 32.1. The number of hydrogen-bond donors (Lipinski definition) is 0. The molecule has 5 heteroatoms. The highest BCUT2D eigenvalue weighted by molar-refractivity contribution is 7.25. The maximum atomic E-state index is 5.44. The Kier molecular flexibility index (Phi) is 7.06. The Morgan fingerprint density at radius 3 is 1.33 bits per heavy atom. The molecule has 0 saturated carbocycles. The topological polar surface area (TPSA) is 35.6 Å². The van der Waals surface area contributed by atoms with Crippen LogP contribution in [-0.4, -0.2) is 19.1 Å². The number of aromatic nitrogens is 4. The fraction of sp³-hybridized carbons (Fsp3) is 0. The first-order chi connectivity index (χ1) is 28.2. The molecule has 266 valence electrons. The molecule has 8 aromatic carbocycles. The van der Waals surface area contributed by atoms with E-state index in [9.17, 15) is 0 Å². The summed E-state index contributed by atoms with van der Waals surface area (Å²) in [6.45, 7) is 0. The van der Waals surface area contributed by atoms with E-state index in [4.69, 9.17) is 9.97 Å². The van der Waals surface area contributed by atoms with E-state index in [2.05, 4.69) is 203 Å². The lowest BCUT2D eigenvalue weighted by Crippen LogP contribution is -2.02. The van der Waals surface area contributed by atoms with Gasteiger partial charge in [0.05, 0.1) is 33.5 Å². The molecule has 4 heterocycles. The number of nitrogens with zero attached hydrogens (tertiary/aromatic N) is 4. The molecule has 12 rings (SSSR count). The molecule has 0 bridgehead atoms. The molecular formula is C52H32N4S. The van der Waals surface area contributed by atoms with Gasteiger partial charge in [-0.3, -0.25) is 0 Å². The average Bonchev–Trinajstić information content (AvgIpc) is 3.94. The minimum atomic E-state index is 0.672. The highest BCUT2D eigenvalue weighted by Gasteiger charge is 2.19. The van der Waals surface area contributed by atoms with Crippen molar-refractivity contribution >= 4 is 75.1 Å². The molecule has 0 aliphatic carbocycles. The SMILES string of the molecule is c1ccc(-c2cc(-c3ccc4sc5ccccc5c4c3)nc(-c3cc(-n4c5ccccc5c5ccccc54)cc(-n4c5ccccc5c5ccccc54)c3)n2)cc1. The van der Waals surface area contributed by atoms with Crippen molar-refractivity contribution in [1.82, 2.24) is 19.1 Å². The lowest BCUT2D eigenvalue weighted by molar-refractivity contribution is 1.12. The van der Waals surface area contributed by atoms with Gasteiger partial charge in [0.2, 0.25) is 0 Å². The summed E-state index contributed by atoms with van der Waals surface area (Å²) in [5.74, 6) is 0.672. The van der Waals surface area contributed by atoms with Crippen LogP contribution >= 0.6 is 11.3 Å². The second kappa shape index (κ2) is 12.6. The van der Waals surface area contributed by atoms with Crippen molar-refractivity contribution in [2.24, 2.45) is 0 Å². The quantitative estimate of drug-likeness (QED) is 0.176. The van der Waals surface area contributed by atoms with Crippen LogP contribution in [0, 0.1) is 0 Å². The Labute approximate surface area is 332 Å². The van der Waals surface area contributed by atoms with Gasteiger partial charge in [0.25, 0.3) is 0 Å². The molecule has 0 aliphatic rings. The Bertz CT molecular complexity index is 3300. The lowest BCUT2D eigenvalue weighted by atomic mass is 10.0. The van der Waals surface area contributed by atoms with Crippen LogP contribution < -0.4 is 0 Å². The van der Waals surface area contributed by atoms with E-state index >= 15 is 0 Å². The van der Waals surface area contributed by atoms with E-state index < -0.39 is 0 Å². The molecule has 0 spiro atoms. The van der Waals surface area contributed by atoms with Crippen molar-refractivity contribution in [2.45, 2.75) is 0 Å². The van der Waals surface area contributed by atoms with E-state index in [-0.39, 0.29) is 0 Å². The third-order valence-electron chi connectivity index (χ3n) is 11.3. The van der Waals surface area contributed by atoms with E-state index in [0.29, 0.717) is 5.82 Å². The number of fused-ring (bicyclic) bond motifs is 9. The Hall–Kier alpha value is -7.34. The third kappa shape index (κ3) is 5.06. The number of rotatable bonds is 5. The Morgan fingerprint density at radius 2 is 0.772 bits per heavy atom. The minimum absolute atomic E-state index is 0.672. The van der Waals surface area contributed by atoms with Crippen molar-refractivity contribution in [1.29, 1.82) is 0 Å². The van der Waals surface area contributed by atoms with Gasteiger partial charge in [-0.05, 0) is 66.7 Å². The van der Waals surface area contributed by atoms with Gasteiger partial charge < -0.3 is 9.13 Å². The zero-order valence-electron chi connectivity index (χ0n) is 30.7. The van der Waals surface area contributed by atoms with Crippen LogP contribution in [-0.2, 0) is 0 Å². The molecular weight excluding hydrogens is 713 g/mol. The zero-order chi connectivity index (χ0) is 37.5. The predicted octanol–water partition coefficient (Wildman–Crippen LogP) is 14.0. The monoisotopic (exact) mass is 744 g/mol. The van der Waals surface area contributed by atoms with Gasteiger partial charge in [0, 0.05) is 69.8 Å². The maximum absolute atomic E-state index is 5.44. The van der Waals surface area contributed by atoms with Crippen LogP contribution in [0.1, 0.15) is 0 Å². The number of para-hydroxylation sites is 4. The Morgan fingerprint density at radius 1 is 0.316 bits per heavy atom. The first kappa shape index (κ1) is 32.0. The largest absolute Gasteiger partial charge is 0.309 e. The van der Waals surface area contributed by atoms with Crippen LogP contribution in [0.5, 0.6) is 0 Å². The van der Waals surface area contributed by atoms with E-state index in [1.807, 2.05) is 11.3 Å². The molecule has 4 aromatic heterocycles. The van der Waals surface area contributed by atoms with E-state index in [1.165, 1.54) is 41.7 Å². The summed E-state index contributed by atoms with van der Waals surface area (Å²) in [5.41, 5.74) is 11.5. The first-order valence-electron chi connectivity index (χ1n) is 19.2. The van der Waals surface area contributed by atoms with Crippen molar-refractivity contribution in [3.8, 4) is 45.3 Å². The van der Waals surface area contributed by atoms with E-state index in [0.717, 1.165) is 61.5 Å². The van der Waals surface area contributed by atoms with Crippen LogP contribution in [0.4, 0.5) is 0 Å². The van der Waals surface area contributed by atoms with Crippen molar-refractivity contribution in [2.75, 3.05) is 0 Å². The minimum Gasteiger partial charge on any atom is -0.309 e. The van der Waals surface area contributed by atoms with Gasteiger partial charge >= 0.3 is 0 Å². The summed E-state index contributed by atoms with van der Waals surface area (Å²) in [6.07, 6.45) is 0. The summed E-state index contributed by atoms with van der Waals surface area (Å²) in [5, 5.41) is 7.40. The van der Waals surface area contributed by atoms with Crippen LogP contribution in [0.3, 0.4) is 0 Å². The molecule has 0 N–H and O–H groups in total.